The number of aliphatic hydroxyl groups excluding tert-OH is 1. The van der Waals surface area contributed by atoms with Gasteiger partial charge in [0.15, 0.2) is 11.6 Å². The lowest BCUT2D eigenvalue weighted by Gasteiger charge is -2.34. The highest BCUT2D eigenvalue weighted by Gasteiger charge is 2.35. The smallest absolute Gasteiger partial charge is 0.416 e. The molecule has 0 aliphatic carbocycles. The van der Waals surface area contributed by atoms with Crippen LogP contribution in [0.2, 0.25) is 0 Å². The van der Waals surface area contributed by atoms with Crippen LogP contribution in [0.5, 0.6) is 5.88 Å². The van der Waals surface area contributed by atoms with Crippen LogP contribution >= 0.6 is 0 Å². The number of alkyl halides is 3. The van der Waals surface area contributed by atoms with Gasteiger partial charge in [0.1, 0.15) is 0 Å². The third-order valence-corrected chi connectivity index (χ3v) is 6.10. The first kappa shape index (κ1) is 26.1. The number of fused-ring (bicyclic) bond motifs is 4. The number of aromatic nitrogens is 3. The molecule has 1 atom stereocenters. The minimum atomic E-state index is -4.34. The number of carbonyl (C=O) groups is 1. The summed E-state index contributed by atoms with van der Waals surface area (Å²) in [7, 11) is 2.01. The van der Waals surface area contributed by atoms with Gasteiger partial charge < -0.3 is 25.0 Å². The van der Waals surface area contributed by atoms with E-state index in [0.717, 1.165) is 43.1 Å². The number of halogens is 3. The van der Waals surface area contributed by atoms with Gasteiger partial charge >= 0.3 is 6.18 Å². The van der Waals surface area contributed by atoms with E-state index in [1.54, 1.807) is 12.1 Å². The number of aliphatic hydroxyl groups is 1. The van der Waals surface area contributed by atoms with E-state index in [4.69, 9.17) is 9.84 Å². The predicted octanol–water partition coefficient (Wildman–Crippen LogP) is 3.60. The van der Waals surface area contributed by atoms with Crippen molar-refractivity contribution in [2.24, 2.45) is 0 Å². The summed E-state index contributed by atoms with van der Waals surface area (Å²) in [6, 6.07) is 9.55. The van der Waals surface area contributed by atoms with Gasteiger partial charge in [0.25, 0.3) is 0 Å². The van der Waals surface area contributed by atoms with Crippen LogP contribution in [0.15, 0.2) is 48.8 Å². The number of pyridine rings is 1. The summed E-state index contributed by atoms with van der Waals surface area (Å²) >= 11 is 0. The van der Waals surface area contributed by atoms with Gasteiger partial charge in [-0.05, 0) is 30.7 Å². The number of benzene rings is 1. The molecule has 1 amide bonds. The first-order chi connectivity index (χ1) is 17.8. The number of carbonyl (C=O) groups excluding carboxylic acids is 1. The van der Waals surface area contributed by atoms with E-state index < -0.39 is 11.7 Å². The molecular formula is C25H27F3N6O3. The zero-order chi connectivity index (χ0) is 26.4. The molecule has 3 aromatic rings. The maximum atomic E-state index is 12.9. The molecule has 37 heavy (non-hydrogen) atoms. The van der Waals surface area contributed by atoms with Crippen molar-refractivity contribution in [2.75, 3.05) is 48.5 Å². The van der Waals surface area contributed by atoms with E-state index in [0.29, 0.717) is 48.4 Å². The Hall–Kier alpha value is -3.93. The molecule has 12 heteroatoms. The zero-order valence-electron chi connectivity index (χ0n) is 20.1. The number of likely N-dealkylation sites (N-methyl/N-ethyl adjacent to an activating group) is 1. The van der Waals surface area contributed by atoms with Gasteiger partial charge in [-0.15, -0.1) is 0 Å². The van der Waals surface area contributed by atoms with E-state index in [1.807, 2.05) is 13.1 Å². The number of nitrogens with zero attached hydrogens (tertiary/aromatic N) is 5. The number of ether oxygens (including phenoxy) is 1. The van der Waals surface area contributed by atoms with Gasteiger partial charge in [-0.3, -0.25) is 9.78 Å². The number of rotatable bonds is 7. The molecule has 0 spiro atoms. The molecule has 196 valence electrons. The summed E-state index contributed by atoms with van der Waals surface area (Å²) < 4.78 is 43.8. The van der Waals surface area contributed by atoms with E-state index >= 15 is 0 Å². The summed E-state index contributed by atoms with van der Waals surface area (Å²) in [5, 5.41) is 10.9. The fourth-order valence-electron chi connectivity index (χ4n) is 4.20. The highest BCUT2D eigenvalue weighted by Crippen LogP contribution is 2.39. The fraction of sp³-hybridized carbons (Fsp3) is 0.360. The highest BCUT2D eigenvalue weighted by molar-refractivity contribution is 5.75. The van der Waals surface area contributed by atoms with Crippen LogP contribution in [0.1, 0.15) is 18.4 Å². The molecule has 2 aromatic heterocycles. The molecule has 2 aliphatic heterocycles. The van der Waals surface area contributed by atoms with E-state index in [1.165, 1.54) is 18.5 Å². The molecule has 2 N–H and O–H groups in total. The molecule has 4 heterocycles. The van der Waals surface area contributed by atoms with Crippen molar-refractivity contribution in [1.29, 1.82) is 0 Å². The maximum Gasteiger partial charge on any atom is 0.416 e. The highest BCUT2D eigenvalue weighted by atomic mass is 19.4. The molecule has 0 saturated carbocycles. The number of hydrogen-bond acceptors (Lipinski definition) is 8. The van der Waals surface area contributed by atoms with Crippen LogP contribution in [0.4, 0.5) is 30.5 Å². The Morgan fingerprint density at radius 1 is 1.22 bits per heavy atom. The first-order valence-corrected chi connectivity index (χ1v) is 11.7. The number of amides is 1. The summed E-state index contributed by atoms with van der Waals surface area (Å²) in [5.74, 6) is 1.51. The number of hydrogen-bond donors (Lipinski definition) is 2. The summed E-state index contributed by atoms with van der Waals surface area (Å²) in [6.07, 6.45) is 0.646. The average molecular weight is 517 g/mol. The SMILES string of the molecule is CN1c2nc(-c3cccc(C(F)(F)F)c3)ccc2N2CCC1C2.O=CNc1cncc(OCCCO)n1. The standard InChI is InChI=1S/C17H16F3N3.C8H11N3O3/c1-22-13-7-8-23(10-13)15-6-5-14(21-16(15)22)11-3-2-4-12(9-11)17(18,19)20;12-2-1-3-14-8-5-9-4-7(11-8)10-6-13/h2-6,9,13H,7-8,10H2,1H3;4-6,12H,1-3H2,(H,10,11,13). The molecule has 2 bridgehead atoms. The Morgan fingerprint density at radius 3 is 2.81 bits per heavy atom. The van der Waals surface area contributed by atoms with Gasteiger partial charge in [0.05, 0.1) is 35.9 Å². The monoisotopic (exact) mass is 516 g/mol. The first-order valence-electron chi connectivity index (χ1n) is 11.7. The molecular weight excluding hydrogens is 489 g/mol. The van der Waals surface area contributed by atoms with Crippen LogP contribution in [-0.4, -0.2) is 65.9 Å². The Labute approximate surface area is 211 Å². The molecule has 2 aliphatic rings. The zero-order valence-corrected chi connectivity index (χ0v) is 20.1. The van der Waals surface area contributed by atoms with Crippen molar-refractivity contribution in [1.82, 2.24) is 15.0 Å². The normalized spacial score (nSPS) is 16.0. The van der Waals surface area contributed by atoms with Crippen LogP contribution in [0, 0.1) is 0 Å². The lowest BCUT2D eigenvalue weighted by atomic mass is 10.1. The summed E-state index contributed by atoms with van der Waals surface area (Å²) in [4.78, 5) is 26.9. The van der Waals surface area contributed by atoms with Crippen molar-refractivity contribution >= 4 is 23.7 Å². The Bertz CT molecular complexity index is 1230. The third kappa shape index (κ3) is 6.26. The van der Waals surface area contributed by atoms with Gasteiger partial charge in [0, 0.05) is 44.8 Å². The van der Waals surface area contributed by atoms with Crippen LogP contribution < -0.4 is 19.9 Å². The lowest BCUT2D eigenvalue weighted by Crippen LogP contribution is -2.40. The van der Waals surface area contributed by atoms with Crippen molar-refractivity contribution in [3.05, 3.63) is 54.4 Å². The van der Waals surface area contributed by atoms with E-state index in [-0.39, 0.29) is 6.61 Å². The average Bonchev–Trinajstić information content (AvgIpc) is 3.34. The minimum Gasteiger partial charge on any atom is -0.476 e. The quantitative estimate of drug-likeness (QED) is 0.363. The molecule has 1 saturated heterocycles. The maximum absolute atomic E-state index is 12.9. The molecule has 9 nitrogen and oxygen atoms in total. The number of nitrogens with one attached hydrogen (secondary N) is 1. The Kier molecular flexibility index (Phi) is 8.07. The van der Waals surface area contributed by atoms with Gasteiger partial charge in [-0.2, -0.15) is 18.2 Å². The van der Waals surface area contributed by atoms with Crippen molar-refractivity contribution in [3.63, 3.8) is 0 Å². The summed E-state index contributed by atoms with van der Waals surface area (Å²) in [5.41, 5.74) is 1.48. The van der Waals surface area contributed by atoms with E-state index in [2.05, 4.69) is 30.1 Å². The van der Waals surface area contributed by atoms with Crippen molar-refractivity contribution < 1.29 is 27.8 Å². The molecule has 0 radical (unpaired) electrons. The Balaban J connectivity index is 0.000000197. The van der Waals surface area contributed by atoms with Crippen molar-refractivity contribution in [3.8, 4) is 17.1 Å². The molecule has 1 fully saturated rings. The lowest BCUT2D eigenvalue weighted by molar-refractivity contribution is -0.137. The molecule has 5 rings (SSSR count). The largest absolute Gasteiger partial charge is 0.476 e. The molecule has 1 unspecified atom stereocenters. The topological polar surface area (TPSA) is 104 Å². The number of anilines is 3. The van der Waals surface area contributed by atoms with Crippen LogP contribution in [-0.2, 0) is 11.0 Å². The Morgan fingerprint density at radius 2 is 2.05 bits per heavy atom. The van der Waals surface area contributed by atoms with Gasteiger partial charge in [-0.25, -0.2) is 4.98 Å². The van der Waals surface area contributed by atoms with Gasteiger partial charge in [-0.1, -0.05) is 12.1 Å². The van der Waals surface area contributed by atoms with E-state index in [9.17, 15) is 18.0 Å². The van der Waals surface area contributed by atoms with Crippen molar-refractivity contribution in [2.45, 2.75) is 25.1 Å². The fourth-order valence-corrected chi connectivity index (χ4v) is 4.20. The third-order valence-electron chi connectivity index (χ3n) is 6.10. The van der Waals surface area contributed by atoms with Gasteiger partial charge in [0.2, 0.25) is 12.3 Å². The second-order valence-electron chi connectivity index (χ2n) is 8.55. The summed E-state index contributed by atoms with van der Waals surface area (Å²) in [6.45, 7) is 2.44. The minimum absolute atomic E-state index is 0.0692. The second kappa shape index (κ2) is 11.4. The predicted molar refractivity (Wildman–Crippen MR) is 133 cm³/mol. The second-order valence-corrected chi connectivity index (χ2v) is 8.55. The van der Waals surface area contributed by atoms with Crippen LogP contribution in [0.25, 0.3) is 11.3 Å². The van der Waals surface area contributed by atoms with Crippen LogP contribution in [0.3, 0.4) is 0 Å². The molecule has 1 aromatic carbocycles.